The molecule has 3 unspecified atom stereocenters. The number of hydrogen-bond donors (Lipinski definition) is 0. The highest BCUT2D eigenvalue weighted by Gasteiger charge is 2.44. The standard InChI is InChI=1S/C21H27ClF3NO2S/c1-5-6-18-19(27)26(16(11-21(23,24)25)13-29-20(2,3)4)17(12-28-18)14-7-9-15(22)10-8-14/h5,7-10,16-18H,1,6,11-13H2,2-4H3. The van der Waals surface area contributed by atoms with Crippen molar-refractivity contribution in [2.75, 3.05) is 12.4 Å². The van der Waals surface area contributed by atoms with E-state index in [9.17, 15) is 18.0 Å². The first-order valence-electron chi connectivity index (χ1n) is 9.42. The van der Waals surface area contributed by atoms with E-state index in [1.807, 2.05) is 20.8 Å². The van der Waals surface area contributed by atoms with Gasteiger partial charge >= 0.3 is 6.18 Å². The fourth-order valence-electron chi connectivity index (χ4n) is 3.23. The molecule has 8 heteroatoms. The van der Waals surface area contributed by atoms with Crippen LogP contribution in [0.2, 0.25) is 5.02 Å². The number of carbonyl (C=O) groups is 1. The van der Waals surface area contributed by atoms with E-state index in [1.54, 1.807) is 30.3 Å². The van der Waals surface area contributed by atoms with Gasteiger partial charge in [-0.25, -0.2) is 0 Å². The van der Waals surface area contributed by atoms with E-state index in [-0.39, 0.29) is 23.5 Å². The summed E-state index contributed by atoms with van der Waals surface area (Å²) in [6.07, 6.45) is -4.46. The third kappa shape index (κ3) is 7.23. The summed E-state index contributed by atoms with van der Waals surface area (Å²) in [7, 11) is 0. The smallest absolute Gasteiger partial charge is 0.366 e. The minimum Gasteiger partial charge on any atom is -0.366 e. The summed E-state index contributed by atoms with van der Waals surface area (Å²) >= 11 is 7.37. The van der Waals surface area contributed by atoms with Gasteiger partial charge in [0.1, 0.15) is 6.10 Å². The molecule has 0 radical (unpaired) electrons. The molecule has 1 aliphatic heterocycles. The van der Waals surface area contributed by atoms with Gasteiger partial charge < -0.3 is 9.64 Å². The molecule has 0 saturated carbocycles. The minimum atomic E-state index is -4.39. The number of hydrogen-bond acceptors (Lipinski definition) is 3. The second kappa shape index (κ2) is 9.75. The van der Waals surface area contributed by atoms with Gasteiger partial charge in [-0.05, 0) is 17.7 Å². The van der Waals surface area contributed by atoms with Crippen molar-refractivity contribution in [1.82, 2.24) is 4.90 Å². The molecule has 2 rings (SSSR count). The van der Waals surface area contributed by atoms with Gasteiger partial charge in [0.15, 0.2) is 0 Å². The number of carbonyl (C=O) groups excluding carboxylic acids is 1. The molecule has 29 heavy (non-hydrogen) atoms. The van der Waals surface area contributed by atoms with Crippen LogP contribution < -0.4 is 0 Å². The van der Waals surface area contributed by atoms with Crippen molar-refractivity contribution >= 4 is 29.3 Å². The fourth-order valence-corrected chi connectivity index (χ4v) is 4.32. The van der Waals surface area contributed by atoms with Gasteiger partial charge in [-0.3, -0.25) is 4.79 Å². The number of amides is 1. The van der Waals surface area contributed by atoms with Crippen LogP contribution in [0.5, 0.6) is 0 Å². The summed E-state index contributed by atoms with van der Waals surface area (Å²) in [6.45, 7) is 9.59. The zero-order chi connectivity index (χ0) is 21.8. The molecule has 0 aromatic heterocycles. The topological polar surface area (TPSA) is 29.5 Å². The Labute approximate surface area is 179 Å². The highest BCUT2D eigenvalue weighted by Crippen LogP contribution is 2.37. The maximum Gasteiger partial charge on any atom is 0.391 e. The summed E-state index contributed by atoms with van der Waals surface area (Å²) < 4.78 is 45.7. The zero-order valence-corrected chi connectivity index (χ0v) is 18.4. The molecule has 0 bridgehead atoms. The number of halogens is 4. The van der Waals surface area contributed by atoms with E-state index in [0.717, 1.165) is 0 Å². The molecule has 3 nitrogen and oxygen atoms in total. The van der Waals surface area contributed by atoms with Crippen LogP contribution in [0.25, 0.3) is 0 Å². The molecule has 1 heterocycles. The van der Waals surface area contributed by atoms with Gasteiger partial charge in [0, 0.05) is 21.9 Å². The van der Waals surface area contributed by atoms with Crippen LogP contribution in [0, 0.1) is 0 Å². The number of benzene rings is 1. The monoisotopic (exact) mass is 449 g/mol. The second-order valence-electron chi connectivity index (χ2n) is 8.06. The lowest BCUT2D eigenvalue weighted by atomic mass is 9.99. The maximum absolute atomic E-state index is 13.4. The molecule has 1 aromatic rings. The Balaban J connectivity index is 2.42. The Kier molecular flexibility index (Phi) is 8.10. The summed E-state index contributed by atoms with van der Waals surface area (Å²) in [6, 6.07) is 5.19. The lowest BCUT2D eigenvalue weighted by Crippen LogP contribution is -2.55. The summed E-state index contributed by atoms with van der Waals surface area (Å²) in [4.78, 5) is 14.6. The SMILES string of the molecule is C=CCC1OCC(c2ccc(Cl)cc2)N(C(CSC(C)(C)C)CC(F)(F)F)C1=O. The predicted octanol–water partition coefficient (Wildman–Crippen LogP) is 6.04. The Morgan fingerprint density at radius 3 is 2.45 bits per heavy atom. The zero-order valence-electron chi connectivity index (χ0n) is 16.8. The summed E-state index contributed by atoms with van der Waals surface area (Å²) in [5.41, 5.74) is 0.702. The van der Waals surface area contributed by atoms with Gasteiger partial charge in [0.25, 0.3) is 5.91 Å². The van der Waals surface area contributed by atoms with Crippen LogP contribution in [-0.4, -0.2) is 46.2 Å². The lowest BCUT2D eigenvalue weighted by Gasteiger charge is -2.44. The molecule has 0 N–H and O–H groups in total. The molecule has 1 aromatic carbocycles. The van der Waals surface area contributed by atoms with E-state index in [0.29, 0.717) is 10.6 Å². The number of thioether (sulfide) groups is 1. The minimum absolute atomic E-state index is 0.125. The average Bonchev–Trinajstić information content (AvgIpc) is 2.60. The molecule has 1 aliphatic rings. The van der Waals surface area contributed by atoms with Gasteiger partial charge in [-0.15, -0.1) is 6.58 Å². The van der Waals surface area contributed by atoms with E-state index in [2.05, 4.69) is 6.58 Å². The number of ether oxygens (including phenoxy) is 1. The van der Waals surface area contributed by atoms with Gasteiger partial charge in [-0.2, -0.15) is 24.9 Å². The molecule has 0 aliphatic carbocycles. The Hall–Kier alpha value is -1.18. The third-order valence-corrected chi connectivity index (χ3v) is 6.20. The number of morpholine rings is 1. The molecule has 1 saturated heterocycles. The predicted molar refractivity (Wildman–Crippen MR) is 112 cm³/mol. The van der Waals surface area contributed by atoms with Gasteiger partial charge in [-0.1, -0.05) is 50.6 Å². The normalized spacial score (nSPS) is 21.9. The van der Waals surface area contributed by atoms with E-state index in [1.165, 1.54) is 16.7 Å². The van der Waals surface area contributed by atoms with E-state index < -0.39 is 36.7 Å². The average molecular weight is 450 g/mol. The van der Waals surface area contributed by atoms with Crippen molar-refractivity contribution in [3.63, 3.8) is 0 Å². The molecule has 1 amide bonds. The molecule has 1 fully saturated rings. The molecular weight excluding hydrogens is 423 g/mol. The van der Waals surface area contributed by atoms with E-state index >= 15 is 0 Å². The number of nitrogens with zero attached hydrogens (tertiary/aromatic N) is 1. The van der Waals surface area contributed by atoms with Crippen molar-refractivity contribution in [3.8, 4) is 0 Å². The quantitative estimate of drug-likeness (QED) is 0.475. The molecule has 3 atom stereocenters. The summed E-state index contributed by atoms with van der Waals surface area (Å²) in [5, 5.41) is 0.517. The molecule has 162 valence electrons. The first-order valence-corrected chi connectivity index (χ1v) is 10.8. The fraction of sp³-hybridized carbons (Fsp3) is 0.571. The maximum atomic E-state index is 13.4. The Morgan fingerprint density at radius 1 is 1.31 bits per heavy atom. The van der Waals surface area contributed by atoms with E-state index in [4.69, 9.17) is 16.3 Å². The van der Waals surface area contributed by atoms with Gasteiger partial charge in [0.2, 0.25) is 0 Å². The van der Waals surface area contributed by atoms with Crippen LogP contribution in [0.1, 0.15) is 45.2 Å². The Morgan fingerprint density at radius 2 is 1.93 bits per heavy atom. The van der Waals surface area contributed by atoms with Crippen molar-refractivity contribution in [2.24, 2.45) is 0 Å². The van der Waals surface area contributed by atoms with Crippen molar-refractivity contribution in [3.05, 3.63) is 47.5 Å². The highest BCUT2D eigenvalue weighted by molar-refractivity contribution is 8.00. The highest BCUT2D eigenvalue weighted by atomic mass is 35.5. The molecule has 0 spiro atoms. The van der Waals surface area contributed by atoms with Crippen LogP contribution in [0.15, 0.2) is 36.9 Å². The van der Waals surface area contributed by atoms with Crippen LogP contribution >= 0.6 is 23.4 Å². The summed E-state index contributed by atoms with van der Waals surface area (Å²) in [5.74, 6) is -0.250. The lowest BCUT2D eigenvalue weighted by molar-refractivity contribution is -0.175. The molecular formula is C21H27ClF3NO2S. The van der Waals surface area contributed by atoms with Crippen molar-refractivity contribution in [2.45, 2.75) is 62.7 Å². The first kappa shape index (κ1) is 24.1. The number of alkyl halides is 3. The number of rotatable bonds is 7. The Bertz CT molecular complexity index is 703. The van der Waals surface area contributed by atoms with Crippen LogP contribution in [0.4, 0.5) is 13.2 Å². The van der Waals surface area contributed by atoms with Crippen molar-refractivity contribution < 1.29 is 22.7 Å². The van der Waals surface area contributed by atoms with Crippen molar-refractivity contribution in [1.29, 1.82) is 0 Å². The van der Waals surface area contributed by atoms with Gasteiger partial charge in [0.05, 0.1) is 25.1 Å². The third-order valence-electron chi connectivity index (χ3n) is 4.53. The largest absolute Gasteiger partial charge is 0.391 e. The van der Waals surface area contributed by atoms with Crippen LogP contribution in [-0.2, 0) is 9.53 Å². The van der Waals surface area contributed by atoms with Crippen LogP contribution in [0.3, 0.4) is 0 Å². The first-order chi connectivity index (χ1) is 13.4. The second-order valence-corrected chi connectivity index (χ2v) is 10.3.